The van der Waals surface area contributed by atoms with Crippen LogP contribution < -0.4 is 4.90 Å². The van der Waals surface area contributed by atoms with Crippen molar-refractivity contribution in [2.45, 2.75) is 39.5 Å². The minimum atomic E-state index is -0.294. The fourth-order valence-electron chi connectivity index (χ4n) is 9.75. The lowest BCUT2D eigenvalue weighted by Crippen LogP contribution is -2.41. The zero-order chi connectivity index (χ0) is 36.3. The highest BCUT2D eigenvalue weighted by Gasteiger charge is 2.38. The molecule has 2 aliphatic rings. The number of nitrogens with zero attached hydrogens (tertiary/aromatic N) is 2. The van der Waals surface area contributed by atoms with Crippen LogP contribution in [0.1, 0.15) is 92.1 Å². The average Bonchev–Trinajstić information content (AvgIpc) is 3.16. The first-order valence-corrected chi connectivity index (χ1v) is 18.2. The van der Waals surface area contributed by atoms with Crippen molar-refractivity contribution in [3.8, 4) is 0 Å². The smallest absolute Gasteiger partial charge is 0.266 e. The third-order valence-electron chi connectivity index (χ3n) is 12.1. The molecule has 0 unspecified atom stereocenters. The van der Waals surface area contributed by atoms with E-state index < -0.39 is 0 Å². The van der Waals surface area contributed by atoms with Crippen molar-refractivity contribution in [2.24, 2.45) is 0 Å². The molecule has 0 saturated heterocycles. The molecule has 0 aliphatic carbocycles. The second-order valence-electron chi connectivity index (χ2n) is 15.4. The first kappa shape index (κ1) is 30.2. The van der Waals surface area contributed by atoms with Gasteiger partial charge in [0.05, 0.1) is 5.69 Å². The summed E-state index contributed by atoms with van der Waals surface area (Å²) in [5.41, 5.74) is 4.82. The van der Waals surface area contributed by atoms with E-state index in [9.17, 15) is 19.2 Å². The molecule has 0 spiro atoms. The first-order chi connectivity index (χ1) is 25.6. The Labute approximate surface area is 303 Å². The highest BCUT2D eigenvalue weighted by molar-refractivity contribution is 6.46. The van der Waals surface area contributed by atoms with Crippen LogP contribution in [0.5, 0.6) is 0 Å². The number of fused-ring (bicyclic) bond motifs is 4. The highest BCUT2D eigenvalue weighted by atomic mass is 16.2. The molecule has 2 heterocycles. The standard InChI is InChI=1S/C47H32N2O4/c1-21(2)23-7-6-8-24(22(3)4)43(23)49-46(52)35-19-15-31-27-11-9-25-29-13-17-33-41-34(45(51)48(5)44(33)50)18-14-30(39(29)41)26-10-12-28(38(27)37(25)26)32-16-20-36(47(49)53)42(35)40(31)32/h6-22H,1-5H3. The van der Waals surface area contributed by atoms with Crippen LogP contribution in [0.4, 0.5) is 5.69 Å². The molecule has 2 aliphatic heterocycles. The molecule has 53 heavy (non-hydrogen) atoms. The molecular weight excluding hydrogens is 657 g/mol. The van der Waals surface area contributed by atoms with Gasteiger partial charge in [0, 0.05) is 40.1 Å². The van der Waals surface area contributed by atoms with E-state index in [1.807, 2.05) is 54.6 Å². The molecule has 11 rings (SSSR count). The highest BCUT2D eigenvalue weighted by Crippen LogP contribution is 2.50. The van der Waals surface area contributed by atoms with Crippen molar-refractivity contribution in [1.29, 1.82) is 0 Å². The quantitative estimate of drug-likeness (QED) is 0.105. The Balaban J connectivity index is 1.22. The van der Waals surface area contributed by atoms with Crippen LogP contribution in [0.25, 0.3) is 75.4 Å². The lowest BCUT2D eigenvalue weighted by atomic mass is 9.80. The minimum Gasteiger partial charge on any atom is -0.277 e. The summed E-state index contributed by atoms with van der Waals surface area (Å²) in [7, 11) is 1.54. The Morgan fingerprint density at radius 1 is 0.377 bits per heavy atom. The van der Waals surface area contributed by atoms with Gasteiger partial charge >= 0.3 is 0 Å². The lowest BCUT2D eigenvalue weighted by Gasteiger charge is -2.32. The van der Waals surface area contributed by atoms with Gasteiger partial charge in [0.15, 0.2) is 0 Å². The second kappa shape index (κ2) is 9.92. The van der Waals surface area contributed by atoms with E-state index in [1.54, 1.807) is 0 Å². The van der Waals surface area contributed by atoms with E-state index in [1.165, 1.54) is 16.8 Å². The van der Waals surface area contributed by atoms with Gasteiger partial charge in [-0.25, -0.2) is 4.90 Å². The lowest BCUT2D eigenvalue weighted by molar-refractivity contribution is 0.0650. The van der Waals surface area contributed by atoms with E-state index >= 15 is 0 Å². The molecule has 9 aromatic rings. The van der Waals surface area contributed by atoms with Crippen LogP contribution in [0.2, 0.25) is 0 Å². The van der Waals surface area contributed by atoms with Gasteiger partial charge in [-0.2, -0.15) is 0 Å². The van der Waals surface area contributed by atoms with E-state index in [2.05, 4.69) is 64.1 Å². The maximum Gasteiger partial charge on any atom is 0.266 e. The Morgan fingerprint density at radius 3 is 0.981 bits per heavy atom. The van der Waals surface area contributed by atoms with Crippen LogP contribution in [-0.2, 0) is 0 Å². The van der Waals surface area contributed by atoms with Gasteiger partial charge in [-0.1, -0.05) is 94.4 Å². The van der Waals surface area contributed by atoms with Gasteiger partial charge in [-0.3, -0.25) is 24.1 Å². The number of anilines is 1. The minimum absolute atomic E-state index is 0.117. The summed E-state index contributed by atoms with van der Waals surface area (Å²) in [4.78, 5) is 58.5. The van der Waals surface area contributed by atoms with Crippen molar-refractivity contribution in [1.82, 2.24) is 4.90 Å². The molecule has 4 amide bonds. The first-order valence-electron chi connectivity index (χ1n) is 18.2. The van der Waals surface area contributed by atoms with Crippen LogP contribution in [-0.4, -0.2) is 35.6 Å². The molecule has 9 aromatic carbocycles. The number of carbonyl (C=O) groups is 4. The van der Waals surface area contributed by atoms with E-state index in [-0.39, 0.29) is 35.5 Å². The molecule has 0 N–H and O–H groups in total. The Hall–Kier alpha value is -6.40. The summed E-state index contributed by atoms with van der Waals surface area (Å²) in [5.74, 6) is -0.932. The Morgan fingerprint density at radius 2 is 0.660 bits per heavy atom. The van der Waals surface area contributed by atoms with Crippen molar-refractivity contribution in [3.05, 3.63) is 124 Å². The van der Waals surface area contributed by atoms with Crippen molar-refractivity contribution in [3.63, 3.8) is 0 Å². The van der Waals surface area contributed by atoms with Crippen LogP contribution in [0, 0.1) is 0 Å². The predicted molar refractivity (Wildman–Crippen MR) is 214 cm³/mol. The molecule has 0 atom stereocenters. The van der Waals surface area contributed by atoms with Gasteiger partial charge in [0.25, 0.3) is 23.6 Å². The van der Waals surface area contributed by atoms with Crippen LogP contribution in [0.15, 0.2) is 91.0 Å². The Kier molecular flexibility index (Phi) is 5.66. The number of para-hydroxylation sites is 1. The normalized spacial score (nSPS) is 14.9. The van der Waals surface area contributed by atoms with E-state index in [0.29, 0.717) is 33.3 Å². The monoisotopic (exact) mass is 688 g/mol. The maximum absolute atomic E-state index is 14.7. The van der Waals surface area contributed by atoms with Gasteiger partial charge in [-0.05, 0) is 112 Å². The summed E-state index contributed by atoms with van der Waals surface area (Å²) in [6.07, 6.45) is 0. The van der Waals surface area contributed by atoms with Gasteiger partial charge in [-0.15, -0.1) is 0 Å². The molecule has 6 nitrogen and oxygen atoms in total. The summed E-state index contributed by atoms with van der Waals surface area (Å²) >= 11 is 0. The molecule has 6 heteroatoms. The number of carbonyl (C=O) groups excluding carboxylic acids is 4. The molecule has 0 fully saturated rings. The third kappa shape index (κ3) is 3.49. The maximum atomic E-state index is 14.7. The van der Waals surface area contributed by atoms with Gasteiger partial charge in [0.2, 0.25) is 0 Å². The van der Waals surface area contributed by atoms with Crippen molar-refractivity contribution >= 4 is 105 Å². The SMILES string of the molecule is CC(C)c1cccc(C(C)C)c1N1C(=O)c2ccc3c4ccc5c6ccc7c8c(ccc(c9ccc(c%10ccc(c2c3%10)C1=O)c4c59)c86)C(=O)N(C)C7=O. The fourth-order valence-corrected chi connectivity index (χ4v) is 9.75. The molecule has 0 bridgehead atoms. The van der Waals surface area contributed by atoms with Crippen molar-refractivity contribution in [2.75, 3.05) is 11.9 Å². The zero-order valence-corrected chi connectivity index (χ0v) is 29.8. The largest absolute Gasteiger partial charge is 0.277 e. The zero-order valence-electron chi connectivity index (χ0n) is 29.8. The van der Waals surface area contributed by atoms with E-state index in [0.717, 1.165) is 81.1 Å². The number of hydrogen-bond donors (Lipinski definition) is 0. The summed E-state index contributed by atoms with van der Waals surface area (Å²) in [6.45, 7) is 8.39. The number of benzene rings is 9. The Bertz CT molecular complexity index is 3030. The number of hydrogen-bond acceptors (Lipinski definition) is 4. The number of imide groups is 2. The average molecular weight is 689 g/mol. The summed E-state index contributed by atoms with van der Waals surface area (Å²) < 4.78 is 0. The summed E-state index contributed by atoms with van der Waals surface area (Å²) in [5, 5.41) is 13.7. The third-order valence-corrected chi connectivity index (χ3v) is 12.1. The molecule has 0 radical (unpaired) electrons. The van der Waals surface area contributed by atoms with Crippen molar-refractivity contribution < 1.29 is 19.2 Å². The second-order valence-corrected chi connectivity index (χ2v) is 15.4. The number of amides is 4. The van der Waals surface area contributed by atoms with Gasteiger partial charge < -0.3 is 0 Å². The predicted octanol–water partition coefficient (Wildman–Crippen LogP) is 10.9. The van der Waals surface area contributed by atoms with E-state index in [4.69, 9.17) is 0 Å². The molecular formula is C47H32N2O4. The van der Waals surface area contributed by atoms with Crippen LogP contribution in [0.3, 0.4) is 0 Å². The fraction of sp³-hybridized carbons (Fsp3) is 0.149. The molecule has 254 valence electrons. The molecule has 0 aromatic heterocycles. The topological polar surface area (TPSA) is 74.8 Å². The number of rotatable bonds is 3. The van der Waals surface area contributed by atoms with Crippen LogP contribution >= 0.6 is 0 Å². The summed E-state index contributed by atoms with van der Waals surface area (Å²) in [6, 6.07) is 30.3. The molecule has 0 saturated carbocycles. The van der Waals surface area contributed by atoms with Gasteiger partial charge in [0.1, 0.15) is 0 Å².